The zero-order chi connectivity index (χ0) is 14.9. The van der Waals surface area contributed by atoms with Crippen molar-refractivity contribution in [1.82, 2.24) is 9.29 Å². The van der Waals surface area contributed by atoms with Crippen LogP contribution in [-0.2, 0) is 14.8 Å². The van der Waals surface area contributed by atoms with Gasteiger partial charge >= 0.3 is 5.97 Å². The highest BCUT2D eigenvalue weighted by atomic mass is 32.2. The summed E-state index contributed by atoms with van der Waals surface area (Å²) in [6.45, 7) is -0.320. The Bertz CT molecular complexity index is 682. The average molecular weight is 297 g/mol. The van der Waals surface area contributed by atoms with Crippen molar-refractivity contribution in [2.75, 3.05) is 6.54 Å². The maximum absolute atomic E-state index is 12.4. The molecule has 9 heteroatoms. The molecule has 2 heterocycles. The smallest absolute Gasteiger partial charge is 0.322 e. The van der Waals surface area contributed by atoms with E-state index in [1.54, 1.807) is 6.07 Å². The number of hydrogen-bond donors (Lipinski definition) is 2. The molecule has 1 fully saturated rings. The first kappa shape index (κ1) is 14.4. The standard InChI is InChI=1S/C11H11N3O5S/c12-5-8-10(2-1-3-13-8)20(18,19)14-6-7(15)4-9(14)11(16)17/h1-3,7,9,15H,4,6H2,(H,16,17)/t7-,9-/m1/s1. The third-order valence-electron chi connectivity index (χ3n) is 2.98. The highest BCUT2D eigenvalue weighted by Gasteiger charge is 2.44. The number of aliphatic carboxylic acids is 1. The minimum atomic E-state index is -4.20. The molecule has 0 unspecified atom stereocenters. The van der Waals surface area contributed by atoms with E-state index in [0.717, 1.165) is 0 Å². The van der Waals surface area contributed by atoms with E-state index in [4.69, 9.17) is 10.4 Å². The number of carboxylic acids is 1. The molecule has 0 radical (unpaired) electrons. The van der Waals surface area contributed by atoms with Crippen molar-refractivity contribution in [3.8, 4) is 6.07 Å². The Labute approximate surface area is 114 Å². The molecular weight excluding hydrogens is 286 g/mol. The van der Waals surface area contributed by atoms with Gasteiger partial charge in [0.05, 0.1) is 6.10 Å². The lowest BCUT2D eigenvalue weighted by Crippen LogP contribution is -2.40. The van der Waals surface area contributed by atoms with Gasteiger partial charge in [-0.2, -0.15) is 9.57 Å². The van der Waals surface area contributed by atoms with Crippen molar-refractivity contribution in [2.45, 2.75) is 23.5 Å². The predicted octanol–water partition coefficient (Wildman–Crippen LogP) is -0.838. The topological polar surface area (TPSA) is 132 Å². The van der Waals surface area contributed by atoms with E-state index >= 15 is 0 Å². The Kier molecular flexibility index (Phi) is 3.71. The number of aliphatic hydroxyl groups excluding tert-OH is 1. The summed E-state index contributed by atoms with van der Waals surface area (Å²) in [6, 6.07) is 2.84. The summed E-state index contributed by atoms with van der Waals surface area (Å²) in [5.74, 6) is -1.34. The van der Waals surface area contributed by atoms with Gasteiger partial charge in [0.2, 0.25) is 10.0 Å². The van der Waals surface area contributed by atoms with Crippen LogP contribution >= 0.6 is 0 Å². The van der Waals surface area contributed by atoms with Crippen LogP contribution in [0.15, 0.2) is 23.2 Å². The number of carbonyl (C=O) groups is 1. The van der Waals surface area contributed by atoms with Crippen LogP contribution in [0.5, 0.6) is 0 Å². The van der Waals surface area contributed by atoms with E-state index in [0.29, 0.717) is 4.31 Å². The number of hydrogen-bond acceptors (Lipinski definition) is 6. The van der Waals surface area contributed by atoms with Gasteiger partial charge in [-0.15, -0.1) is 0 Å². The maximum Gasteiger partial charge on any atom is 0.322 e. The lowest BCUT2D eigenvalue weighted by Gasteiger charge is -2.20. The van der Waals surface area contributed by atoms with Crippen LogP contribution in [0, 0.1) is 11.3 Å². The number of pyridine rings is 1. The number of β-amino-alcohol motifs (C(OH)–C–C–N with tert-alkyl or cyclic N) is 1. The molecule has 0 bridgehead atoms. The van der Waals surface area contributed by atoms with Gasteiger partial charge in [0, 0.05) is 19.2 Å². The summed E-state index contributed by atoms with van der Waals surface area (Å²) >= 11 is 0. The van der Waals surface area contributed by atoms with Crippen molar-refractivity contribution < 1.29 is 23.4 Å². The highest BCUT2D eigenvalue weighted by molar-refractivity contribution is 7.89. The van der Waals surface area contributed by atoms with E-state index in [1.807, 2.05) is 0 Å². The van der Waals surface area contributed by atoms with Gasteiger partial charge < -0.3 is 10.2 Å². The molecule has 1 aromatic rings. The van der Waals surface area contributed by atoms with Crippen LogP contribution in [0.3, 0.4) is 0 Å². The molecule has 0 saturated carbocycles. The minimum absolute atomic E-state index is 0.184. The van der Waals surface area contributed by atoms with E-state index in [9.17, 15) is 18.3 Å². The number of carboxylic acid groups (broad SMARTS) is 1. The van der Waals surface area contributed by atoms with Crippen molar-refractivity contribution in [3.63, 3.8) is 0 Å². The Hall–Kier alpha value is -2.02. The fourth-order valence-corrected chi connectivity index (χ4v) is 3.81. The summed E-state index contributed by atoms with van der Waals surface area (Å²) in [7, 11) is -4.20. The number of aromatic nitrogens is 1. The zero-order valence-electron chi connectivity index (χ0n) is 10.2. The molecule has 1 aromatic heterocycles. The van der Waals surface area contributed by atoms with Crippen molar-refractivity contribution in [2.24, 2.45) is 0 Å². The molecule has 1 saturated heterocycles. The fraction of sp³-hybridized carbons (Fsp3) is 0.364. The molecule has 8 nitrogen and oxygen atoms in total. The van der Waals surface area contributed by atoms with E-state index in [-0.39, 0.29) is 23.6 Å². The third-order valence-corrected chi connectivity index (χ3v) is 4.89. The Morgan fingerprint density at radius 1 is 1.55 bits per heavy atom. The Morgan fingerprint density at radius 2 is 2.25 bits per heavy atom. The van der Waals surface area contributed by atoms with Crippen LogP contribution in [0.1, 0.15) is 12.1 Å². The third kappa shape index (κ3) is 2.36. The number of sulfonamides is 1. The number of nitrogens with zero attached hydrogens (tertiary/aromatic N) is 3. The van der Waals surface area contributed by atoms with Crippen LogP contribution < -0.4 is 0 Å². The van der Waals surface area contributed by atoms with E-state index in [1.165, 1.54) is 18.3 Å². The van der Waals surface area contributed by atoms with Gasteiger partial charge in [0.1, 0.15) is 17.0 Å². The summed E-state index contributed by atoms with van der Waals surface area (Å²) < 4.78 is 25.6. The quantitative estimate of drug-likeness (QED) is 0.743. The summed E-state index contributed by atoms with van der Waals surface area (Å²) in [6.07, 6.45) is 0.0370. The zero-order valence-corrected chi connectivity index (χ0v) is 11.0. The van der Waals surface area contributed by atoms with E-state index in [2.05, 4.69) is 4.98 Å². The van der Waals surface area contributed by atoms with Crippen LogP contribution in [0.2, 0.25) is 0 Å². The molecule has 2 rings (SSSR count). The SMILES string of the molecule is N#Cc1ncccc1S(=O)(=O)N1C[C@H](O)C[C@@H]1C(=O)O. The molecule has 0 aliphatic carbocycles. The molecule has 0 spiro atoms. The maximum atomic E-state index is 12.4. The molecule has 1 aliphatic rings. The second-order valence-electron chi connectivity index (χ2n) is 4.28. The molecule has 106 valence electrons. The average Bonchev–Trinajstić information content (AvgIpc) is 2.82. The number of aliphatic hydroxyl groups is 1. The lowest BCUT2D eigenvalue weighted by molar-refractivity contribution is -0.140. The lowest BCUT2D eigenvalue weighted by atomic mass is 10.2. The van der Waals surface area contributed by atoms with Crippen LogP contribution in [-0.4, -0.2) is 52.6 Å². The van der Waals surface area contributed by atoms with Gasteiger partial charge in [0.15, 0.2) is 5.69 Å². The second kappa shape index (κ2) is 5.16. The van der Waals surface area contributed by atoms with Gasteiger partial charge in [-0.3, -0.25) is 4.79 Å². The molecule has 20 heavy (non-hydrogen) atoms. The van der Waals surface area contributed by atoms with Gasteiger partial charge in [0.25, 0.3) is 0 Å². The first-order valence-electron chi connectivity index (χ1n) is 5.65. The summed E-state index contributed by atoms with van der Waals surface area (Å²) in [5, 5.41) is 27.4. The monoisotopic (exact) mass is 297 g/mol. The fourth-order valence-electron chi connectivity index (χ4n) is 2.08. The molecule has 2 atom stereocenters. The van der Waals surface area contributed by atoms with Gasteiger partial charge in [-0.25, -0.2) is 13.4 Å². The van der Waals surface area contributed by atoms with Gasteiger partial charge in [-0.1, -0.05) is 0 Å². The molecule has 1 aliphatic heterocycles. The first-order valence-corrected chi connectivity index (χ1v) is 7.09. The Balaban J connectivity index is 2.50. The van der Waals surface area contributed by atoms with E-state index < -0.39 is 28.1 Å². The minimum Gasteiger partial charge on any atom is -0.480 e. The first-order chi connectivity index (χ1) is 9.37. The van der Waals surface area contributed by atoms with Crippen LogP contribution in [0.4, 0.5) is 0 Å². The molecule has 0 amide bonds. The summed E-state index contributed by atoms with van der Waals surface area (Å²) in [4.78, 5) is 14.4. The molecule has 0 aromatic carbocycles. The van der Waals surface area contributed by atoms with Crippen molar-refractivity contribution >= 4 is 16.0 Å². The van der Waals surface area contributed by atoms with Gasteiger partial charge in [-0.05, 0) is 12.1 Å². The summed E-state index contributed by atoms with van der Waals surface area (Å²) in [5.41, 5.74) is -0.307. The highest BCUT2D eigenvalue weighted by Crippen LogP contribution is 2.27. The van der Waals surface area contributed by atoms with Crippen molar-refractivity contribution in [3.05, 3.63) is 24.0 Å². The largest absolute Gasteiger partial charge is 0.480 e. The number of nitriles is 1. The Morgan fingerprint density at radius 3 is 2.85 bits per heavy atom. The predicted molar refractivity (Wildman–Crippen MR) is 64.9 cm³/mol. The van der Waals surface area contributed by atoms with Crippen LogP contribution in [0.25, 0.3) is 0 Å². The normalized spacial score (nSPS) is 23.4. The van der Waals surface area contributed by atoms with Crippen molar-refractivity contribution in [1.29, 1.82) is 5.26 Å². The number of rotatable bonds is 3. The second-order valence-corrected chi connectivity index (χ2v) is 6.14. The molecule has 2 N–H and O–H groups in total. The molecular formula is C11H11N3O5S.